The monoisotopic (exact) mass is 388 g/mol. The van der Waals surface area contributed by atoms with Crippen molar-refractivity contribution >= 4 is 35.1 Å². The molecule has 3 N–H and O–H groups in total. The van der Waals surface area contributed by atoms with Gasteiger partial charge in [-0.25, -0.2) is 4.79 Å². The summed E-state index contributed by atoms with van der Waals surface area (Å²) in [7, 11) is 0. The zero-order valence-corrected chi connectivity index (χ0v) is 15.8. The summed E-state index contributed by atoms with van der Waals surface area (Å²) in [6, 6.07) is 11.2. The molecule has 0 atom stereocenters. The maximum atomic E-state index is 12.4. The van der Waals surface area contributed by atoms with Crippen LogP contribution in [0.2, 0.25) is 5.02 Å². The Kier molecular flexibility index (Phi) is 6.96. The van der Waals surface area contributed by atoms with E-state index >= 15 is 0 Å². The Morgan fingerprint density at radius 2 is 1.74 bits per heavy atom. The molecule has 0 aliphatic heterocycles. The van der Waals surface area contributed by atoms with E-state index < -0.39 is 5.97 Å². The van der Waals surface area contributed by atoms with E-state index in [9.17, 15) is 14.4 Å². The molecular weight excluding hydrogens is 368 g/mol. The van der Waals surface area contributed by atoms with Gasteiger partial charge in [-0.2, -0.15) is 0 Å². The highest BCUT2D eigenvalue weighted by Gasteiger charge is 2.13. The summed E-state index contributed by atoms with van der Waals surface area (Å²) >= 11 is 6.10. The van der Waals surface area contributed by atoms with Crippen molar-refractivity contribution in [1.29, 1.82) is 0 Å². The SMILES string of the molecule is CC(C)C(=O)Nc1ccc(Cl)c(C(=O)NCCc2ccc(C(=O)O)cc2)c1. The lowest BCUT2D eigenvalue weighted by atomic mass is 10.1. The van der Waals surface area contributed by atoms with Crippen molar-refractivity contribution in [2.24, 2.45) is 5.92 Å². The van der Waals surface area contributed by atoms with Crippen LogP contribution in [0.3, 0.4) is 0 Å². The zero-order chi connectivity index (χ0) is 20.0. The van der Waals surface area contributed by atoms with Gasteiger partial charge in [0.15, 0.2) is 0 Å². The molecule has 27 heavy (non-hydrogen) atoms. The summed E-state index contributed by atoms with van der Waals surface area (Å²) < 4.78 is 0. The van der Waals surface area contributed by atoms with Gasteiger partial charge in [0, 0.05) is 18.2 Å². The highest BCUT2D eigenvalue weighted by Crippen LogP contribution is 2.21. The maximum Gasteiger partial charge on any atom is 0.335 e. The summed E-state index contributed by atoms with van der Waals surface area (Å²) in [5.41, 5.74) is 1.91. The molecule has 2 aromatic rings. The van der Waals surface area contributed by atoms with Crippen LogP contribution in [0, 0.1) is 5.92 Å². The second kappa shape index (κ2) is 9.19. The Labute approximate surface area is 162 Å². The molecular formula is C20H21ClN2O4. The lowest BCUT2D eigenvalue weighted by Gasteiger charge is -2.11. The molecule has 0 aliphatic rings. The third kappa shape index (κ3) is 5.82. The van der Waals surface area contributed by atoms with Crippen molar-refractivity contribution in [1.82, 2.24) is 5.32 Å². The Balaban J connectivity index is 1.96. The van der Waals surface area contributed by atoms with Crippen LogP contribution in [-0.4, -0.2) is 29.4 Å². The second-order valence-corrected chi connectivity index (χ2v) is 6.75. The fraction of sp³-hybridized carbons (Fsp3) is 0.250. The Bertz CT molecular complexity index is 848. The number of carboxylic acid groups (broad SMARTS) is 1. The molecule has 0 unspecified atom stereocenters. The molecule has 0 spiro atoms. The first-order valence-corrected chi connectivity index (χ1v) is 8.86. The number of hydrogen-bond donors (Lipinski definition) is 3. The van der Waals surface area contributed by atoms with E-state index in [1.807, 2.05) is 0 Å². The molecule has 0 bridgehead atoms. The molecule has 0 aliphatic carbocycles. The summed E-state index contributed by atoms with van der Waals surface area (Å²) in [6.07, 6.45) is 0.549. The number of nitrogens with one attached hydrogen (secondary N) is 2. The molecule has 0 fully saturated rings. The first-order chi connectivity index (χ1) is 12.8. The highest BCUT2D eigenvalue weighted by molar-refractivity contribution is 6.34. The number of amides is 2. The first-order valence-electron chi connectivity index (χ1n) is 8.48. The lowest BCUT2D eigenvalue weighted by molar-refractivity contribution is -0.118. The third-order valence-electron chi connectivity index (χ3n) is 3.90. The van der Waals surface area contributed by atoms with Gasteiger partial charge in [0.1, 0.15) is 0 Å². The van der Waals surface area contributed by atoms with Gasteiger partial charge in [-0.3, -0.25) is 9.59 Å². The average Bonchev–Trinajstić information content (AvgIpc) is 2.63. The molecule has 2 rings (SSSR count). The van der Waals surface area contributed by atoms with E-state index in [1.54, 1.807) is 44.2 Å². The predicted molar refractivity (Wildman–Crippen MR) is 104 cm³/mol. The molecule has 2 amide bonds. The molecule has 2 aromatic carbocycles. The van der Waals surface area contributed by atoms with Crippen LogP contribution in [0.15, 0.2) is 42.5 Å². The summed E-state index contributed by atoms with van der Waals surface area (Å²) in [5, 5.41) is 14.7. The standard InChI is InChI=1S/C20H21ClN2O4/c1-12(2)18(24)23-15-7-8-17(21)16(11-15)19(25)22-10-9-13-3-5-14(6-4-13)20(26)27/h3-8,11-12H,9-10H2,1-2H3,(H,22,25)(H,23,24)(H,26,27). The number of hydrogen-bond acceptors (Lipinski definition) is 3. The van der Waals surface area contributed by atoms with Gasteiger partial charge in [0.05, 0.1) is 16.1 Å². The van der Waals surface area contributed by atoms with Crippen molar-refractivity contribution in [3.05, 3.63) is 64.2 Å². The van der Waals surface area contributed by atoms with Crippen LogP contribution in [0.1, 0.15) is 40.1 Å². The lowest BCUT2D eigenvalue weighted by Crippen LogP contribution is -2.26. The quantitative estimate of drug-likeness (QED) is 0.675. The fourth-order valence-electron chi connectivity index (χ4n) is 2.29. The van der Waals surface area contributed by atoms with Crippen molar-refractivity contribution in [3.63, 3.8) is 0 Å². The van der Waals surface area contributed by atoms with Gasteiger partial charge in [0.25, 0.3) is 5.91 Å². The van der Waals surface area contributed by atoms with E-state index in [0.29, 0.717) is 23.7 Å². The Hall–Kier alpha value is -2.86. The van der Waals surface area contributed by atoms with Crippen LogP contribution in [0.5, 0.6) is 0 Å². The number of anilines is 1. The first kappa shape index (κ1) is 20.5. The third-order valence-corrected chi connectivity index (χ3v) is 4.23. The van der Waals surface area contributed by atoms with Gasteiger partial charge in [-0.05, 0) is 42.3 Å². The number of carbonyl (C=O) groups excluding carboxylic acids is 2. The molecule has 6 nitrogen and oxygen atoms in total. The highest BCUT2D eigenvalue weighted by atomic mass is 35.5. The van der Waals surface area contributed by atoms with Crippen molar-refractivity contribution in [2.45, 2.75) is 20.3 Å². The van der Waals surface area contributed by atoms with Gasteiger partial charge >= 0.3 is 5.97 Å². The van der Waals surface area contributed by atoms with Crippen LogP contribution < -0.4 is 10.6 Å². The smallest absolute Gasteiger partial charge is 0.335 e. The van der Waals surface area contributed by atoms with Crippen LogP contribution >= 0.6 is 11.6 Å². The number of benzene rings is 2. The van der Waals surface area contributed by atoms with E-state index in [-0.39, 0.29) is 28.9 Å². The Morgan fingerprint density at radius 1 is 1.07 bits per heavy atom. The van der Waals surface area contributed by atoms with Gasteiger partial charge in [-0.1, -0.05) is 37.6 Å². The maximum absolute atomic E-state index is 12.4. The van der Waals surface area contributed by atoms with Crippen molar-refractivity contribution in [3.8, 4) is 0 Å². The minimum Gasteiger partial charge on any atom is -0.478 e. The van der Waals surface area contributed by atoms with E-state index in [2.05, 4.69) is 10.6 Å². The van der Waals surface area contributed by atoms with Crippen molar-refractivity contribution in [2.75, 3.05) is 11.9 Å². The number of halogens is 1. The molecule has 0 heterocycles. The average molecular weight is 389 g/mol. The largest absolute Gasteiger partial charge is 0.478 e. The molecule has 0 radical (unpaired) electrons. The summed E-state index contributed by atoms with van der Waals surface area (Å²) in [5.74, 6) is -1.64. The normalized spacial score (nSPS) is 10.5. The molecule has 7 heteroatoms. The number of rotatable bonds is 7. The second-order valence-electron chi connectivity index (χ2n) is 6.35. The topological polar surface area (TPSA) is 95.5 Å². The number of aromatic carboxylic acids is 1. The van der Waals surface area contributed by atoms with Gasteiger partial charge in [-0.15, -0.1) is 0 Å². The van der Waals surface area contributed by atoms with Gasteiger partial charge < -0.3 is 15.7 Å². The fourth-order valence-corrected chi connectivity index (χ4v) is 2.50. The predicted octanol–water partition coefficient (Wildman–Crippen LogP) is 3.61. The van der Waals surface area contributed by atoms with Crippen molar-refractivity contribution < 1.29 is 19.5 Å². The zero-order valence-electron chi connectivity index (χ0n) is 15.1. The van der Waals surface area contributed by atoms with Crippen LogP contribution in [-0.2, 0) is 11.2 Å². The summed E-state index contributed by atoms with van der Waals surface area (Å²) in [4.78, 5) is 35.0. The minimum atomic E-state index is -0.978. The minimum absolute atomic E-state index is 0.145. The molecule has 142 valence electrons. The number of carbonyl (C=O) groups is 3. The molecule has 0 saturated carbocycles. The van der Waals surface area contributed by atoms with Crippen LogP contribution in [0.4, 0.5) is 5.69 Å². The molecule has 0 saturated heterocycles. The summed E-state index contributed by atoms with van der Waals surface area (Å²) in [6.45, 7) is 3.92. The van der Waals surface area contributed by atoms with E-state index in [1.165, 1.54) is 12.1 Å². The molecule has 0 aromatic heterocycles. The van der Waals surface area contributed by atoms with E-state index in [4.69, 9.17) is 16.7 Å². The van der Waals surface area contributed by atoms with Crippen LogP contribution in [0.25, 0.3) is 0 Å². The number of carboxylic acids is 1. The van der Waals surface area contributed by atoms with E-state index in [0.717, 1.165) is 5.56 Å². The van der Waals surface area contributed by atoms with Gasteiger partial charge in [0.2, 0.25) is 5.91 Å². The Morgan fingerprint density at radius 3 is 2.33 bits per heavy atom.